The van der Waals surface area contributed by atoms with E-state index in [0.29, 0.717) is 12.2 Å². The molecule has 1 N–H and O–H groups in total. The molecule has 1 atom stereocenters. The number of amides is 1. The number of hydrogen-bond acceptors (Lipinski definition) is 4. The first-order valence-corrected chi connectivity index (χ1v) is 3.34. The lowest BCUT2D eigenvalue weighted by molar-refractivity contribution is -0.133. The smallest absolute Gasteiger partial charge is 0.295 e. The van der Waals surface area contributed by atoms with Gasteiger partial charge in [-0.15, -0.1) is 0 Å². The van der Waals surface area contributed by atoms with Crippen LogP contribution in [0.2, 0.25) is 0 Å². The highest BCUT2D eigenvalue weighted by atomic mass is 32.2. The van der Waals surface area contributed by atoms with Gasteiger partial charge in [0.25, 0.3) is 11.7 Å². The first-order chi connectivity index (χ1) is 4.33. The molecule has 1 amide bonds. The van der Waals surface area contributed by atoms with Crippen LogP contribution in [0.25, 0.3) is 0 Å². The van der Waals surface area contributed by atoms with Crippen molar-refractivity contribution < 1.29 is 14.3 Å². The van der Waals surface area contributed by atoms with Gasteiger partial charge in [0.1, 0.15) is 0 Å². The molecule has 9 heavy (non-hydrogen) atoms. The van der Waals surface area contributed by atoms with Crippen molar-refractivity contribution in [1.82, 2.24) is 5.32 Å². The van der Waals surface area contributed by atoms with E-state index >= 15 is 0 Å². The standard InChI is InChI=1S/C4H5NO3S/c6-2-8-3-1-9-4(7)5-3/h2-3H,1H2,(H,5,7). The first-order valence-electron chi connectivity index (χ1n) is 2.35. The second kappa shape index (κ2) is 2.72. The highest BCUT2D eigenvalue weighted by Gasteiger charge is 2.21. The summed E-state index contributed by atoms with van der Waals surface area (Å²) < 4.78 is 4.44. The lowest BCUT2D eigenvalue weighted by Crippen LogP contribution is -2.28. The summed E-state index contributed by atoms with van der Waals surface area (Å²) in [5.74, 6) is 0.511. The predicted molar refractivity (Wildman–Crippen MR) is 31.9 cm³/mol. The summed E-state index contributed by atoms with van der Waals surface area (Å²) in [6.07, 6.45) is -0.417. The maximum absolute atomic E-state index is 10.4. The Bertz CT molecular complexity index is 138. The summed E-state index contributed by atoms with van der Waals surface area (Å²) in [5.41, 5.74) is 0. The quantitative estimate of drug-likeness (QED) is 0.556. The third-order valence-electron chi connectivity index (χ3n) is 0.864. The van der Waals surface area contributed by atoms with Gasteiger partial charge in [-0.2, -0.15) is 0 Å². The second-order valence-corrected chi connectivity index (χ2v) is 2.46. The molecular weight excluding hydrogens is 142 g/mol. The Labute approximate surface area is 55.9 Å². The molecule has 0 aromatic carbocycles. The summed E-state index contributed by atoms with van der Waals surface area (Å²) in [5, 5.41) is 2.29. The number of nitrogens with one attached hydrogen (secondary N) is 1. The van der Waals surface area contributed by atoms with Crippen LogP contribution in [0.5, 0.6) is 0 Å². The molecule has 1 unspecified atom stereocenters. The van der Waals surface area contributed by atoms with Crippen molar-refractivity contribution in [3.05, 3.63) is 0 Å². The van der Waals surface area contributed by atoms with Crippen LogP contribution in [0.4, 0.5) is 4.79 Å². The molecule has 4 nitrogen and oxygen atoms in total. The summed E-state index contributed by atoms with van der Waals surface area (Å²) in [4.78, 5) is 20.1. The Morgan fingerprint density at radius 1 is 1.89 bits per heavy atom. The maximum atomic E-state index is 10.4. The highest BCUT2D eigenvalue weighted by molar-refractivity contribution is 8.13. The van der Waals surface area contributed by atoms with E-state index < -0.39 is 6.23 Å². The zero-order valence-corrected chi connectivity index (χ0v) is 5.31. The fraction of sp³-hybridized carbons (Fsp3) is 0.500. The fourth-order valence-electron chi connectivity index (χ4n) is 0.507. The minimum atomic E-state index is -0.417. The zero-order valence-electron chi connectivity index (χ0n) is 4.49. The molecule has 1 heterocycles. The van der Waals surface area contributed by atoms with Gasteiger partial charge in [0.05, 0.1) is 5.75 Å². The molecule has 5 heteroatoms. The van der Waals surface area contributed by atoms with E-state index in [-0.39, 0.29) is 5.24 Å². The summed E-state index contributed by atoms with van der Waals surface area (Å²) in [6.45, 7) is 0.330. The van der Waals surface area contributed by atoms with Crippen molar-refractivity contribution in [3.63, 3.8) is 0 Å². The van der Waals surface area contributed by atoms with Crippen molar-refractivity contribution in [2.45, 2.75) is 6.23 Å². The highest BCUT2D eigenvalue weighted by Crippen LogP contribution is 2.12. The van der Waals surface area contributed by atoms with E-state index in [9.17, 15) is 9.59 Å². The number of carbonyl (C=O) groups excluding carboxylic acids is 2. The maximum Gasteiger partial charge on any atom is 0.295 e. The molecule has 1 saturated heterocycles. The van der Waals surface area contributed by atoms with Crippen molar-refractivity contribution in [3.8, 4) is 0 Å². The number of thioether (sulfide) groups is 1. The van der Waals surface area contributed by atoms with E-state index in [4.69, 9.17) is 0 Å². The zero-order chi connectivity index (χ0) is 6.69. The van der Waals surface area contributed by atoms with Gasteiger partial charge in [0.2, 0.25) is 0 Å². The van der Waals surface area contributed by atoms with Gasteiger partial charge < -0.3 is 10.1 Å². The van der Waals surface area contributed by atoms with Crippen LogP contribution in [0, 0.1) is 0 Å². The fourth-order valence-corrected chi connectivity index (χ4v) is 1.19. The summed E-state index contributed by atoms with van der Waals surface area (Å²) >= 11 is 1.11. The third-order valence-corrected chi connectivity index (χ3v) is 1.71. The Hall–Kier alpha value is -0.710. The van der Waals surface area contributed by atoms with Crippen LogP contribution in [0.15, 0.2) is 0 Å². The molecule has 1 fully saturated rings. The van der Waals surface area contributed by atoms with E-state index in [2.05, 4.69) is 10.1 Å². The normalized spacial score (nSPS) is 25.3. The van der Waals surface area contributed by atoms with Crippen LogP contribution < -0.4 is 5.32 Å². The van der Waals surface area contributed by atoms with E-state index in [1.165, 1.54) is 0 Å². The predicted octanol–water partition coefficient (Wildman–Crippen LogP) is -0.0581. The van der Waals surface area contributed by atoms with E-state index in [1.807, 2.05) is 0 Å². The molecule has 1 aliphatic rings. The SMILES string of the molecule is O=COC1CSC(=O)N1. The Balaban J connectivity index is 2.29. The number of hydrogen-bond donors (Lipinski definition) is 1. The second-order valence-electron chi connectivity index (χ2n) is 1.46. The molecule has 50 valence electrons. The van der Waals surface area contributed by atoms with Gasteiger partial charge in [-0.3, -0.25) is 9.59 Å². The lowest BCUT2D eigenvalue weighted by atomic mass is 10.7. The van der Waals surface area contributed by atoms with Gasteiger partial charge in [0, 0.05) is 0 Å². The van der Waals surface area contributed by atoms with Gasteiger partial charge >= 0.3 is 0 Å². The van der Waals surface area contributed by atoms with Crippen LogP contribution in [0.3, 0.4) is 0 Å². The molecular formula is C4H5NO3S. The Morgan fingerprint density at radius 3 is 3.11 bits per heavy atom. The van der Waals surface area contributed by atoms with Crippen LogP contribution in [-0.2, 0) is 9.53 Å². The van der Waals surface area contributed by atoms with E-state index in [1.54, 1.807) is 0 Å². The number of rotatable bonds is 2. The molecule has 0 aromatic heterocycles. The number of carbonyl (C=O) groups is 2. The summed E-state index contributed by atoms with van der Waals surface area (Å²) in [7, 11) is 0. The van der Waals surface area contributed by atoms with Crippen LogP contribution >= 0.6 is 11.8 Å². The average molecular weight is 147 g/mol. The molecule has 0 radical (unpaired) electrons. The average Bonchev–Trinajstić information content (AvgIpc) is 2.17. The lowest BCUT2D eigenvalue weighted by Gasteiger charge is -2.03. The molecule has 0 bridgehead atoms. The van der Waals surface area contributed by atoms with Crippen LogP contribution in [0.1, 0.15) is 0 Å². The van der Waals surface area contributed by atoms with Gasteiger partial charge in [-0.25, -0.2) is 0 Å². The molecule has 0 aliphatic carbocycles. The molecule has 0 spiro atoms. The third kappa shape index (κ3) is 1.60. The molecule has 0 saturated carbocycles. The minimum Gasteiger partial charge on any atom is -0.443 e. The van der Waals surface area contributed by atoms with Gasteiger partial charge in [-0.1, -0.05) is 11.8 Å². The van der Waals surface area contributed by atoms with Crippen molar-refractivity contribution in [1.29, 1.82) is 0 Å². The Kier molecular flexibility index (Phi) is 1.94. The van der Waals surface area contributed by atoms with Gasteiger partial charge in [-0.05, 0) is 0 Å². The van der Waals surface area contributed by atoms with Crippen molar-refractivity contribution in [2.24, 2.45) is 0 Å². The minimum absolute atomic E-state index is 0.137. The molecule has 1 rings (SSSR count). The molecule has 0 aromatic rings. The van der Waals surface area contributed by atoms with Crippen LogP contribution in [-0.4, -0.2) is 23.7 Å². The largest absolute Gasteiger partial charge is 0.443 e. The first kappa shape index (κ1) is 6.41. The van der Waals surface area contributed by atoms with Crippen molar-refractivity contribution >= 4 is 23.5 Å². The topological polar surface area (TPSA) is 55.4 Å². The van der Waals surface area contributed by atoms with Crippen molar-refractivity contribution in [2.75, 3.05) is 5.75 Å². The van der Waals surface area contributed by atoms with Gasteiger partial charge in [0.15, 0.2) is 6.23 Å². The number of ether oxygens (including phenoxy) is 1. The monoisotopic (exact) mass is 147 g/mol. The molecule has 1 aliphatic heterocycles. The summed E-state index contributed by atoms with van der Waals surface area (Å²) in [6, 6.07) is 0. The Morgan fingerprint density at radius 2 is 2.67 bits per heavy atom. The van der Waals surface area contributed by atoms with E-state index in [0.717, 1.165) is 11.8 Å².